The van der Waals surface area contributed by atoms with Gasteiger partial charge in [-0.25, -0.2) is 0 Å². The van der Waals surface area contributed by atoms with Gasteiger partial charge in [-0.15, -0.1) is 0 Å². The lowest BCUT2D eigenvalue weighted by Gasteiger charge is -2.04. The average molecular weight is 168 g/mol. The van der Waals surface area contributed by atoms with Crippen LogP contribution in [0.5, 0.6) is 0 Å². The fraction of sp³-hybridized carbons (Fsp3) is 0.818. The smallest absolute Gasteiger partial charge is 0.0500 e. The first-order valence-corrected chi connectivity index (χ1v) is 5.23. The molecular formula is C11H20O. The van der Waals surface area contributed by atoms with E-state index < -0.39 is 0 Å². The van der Waals surface area contributed by atoms with Crippen LogP contribution in [-0.2, 0) is 4.74 Å². The van der Waals surface area contributed by atoms with Gasteiger partial charge in [-0.05, 0) is 25.7 Å². The second kappa shape index (κ2) is 7.35. The average Bonchev–Trinajstić information content (AvgIpc) is 2.05. The van der Waals surface area contributed by atoms with E-state index >= 15 is 0 Å². The summed E-state index contributed by atoms with van der Waals surface area (Å²) in [5.74, 6) is 0. The van der Waals surface area contributed by atoms with E-state index in [1.807, 2.05) is 0 Å². The molecule has 0 spiro atoms. The minimum absolute atomic E-state index is 0.913. The Morgan fingerprint density at radius 2 is 1.42 bits per heavy atom. The van der Waals surface area contributed by atoms with Gasteiger partial charge in [-0.2, -0.15) is 0 Å². The van der Waals surface area contributed by atoms with Gasteiger partial charge in [0.25, 0.3) is 0 Å². The fourth-order valence-electron chi connectivity index (χ4n) is 1.49. The molecule has 1 aliphatic rings. The lowest BCUT2D eigenvalue weighted by atomic mass is 10.1. The van der Waals surface area contributed by atoms with E-state index in [9.17, 15) is 0 Å². The molecule has 0 fully saturated rings. The standard InChI is InChI=1S/C11H20O/c1-2-4-6-8-10-12-11-9-7-5-3-1/h4,6H,1-3,5,7-11H2/b6-4-. The van der Waals surface area contributed by atoms with Crippen molar-refractivity contribution in [2.45, 2.75) is 44.9 Å². The first-order chi connectivity index (χ1) is 6.00. The molecule has 1 nitrogen and oxygen atoms in total. The molecule has 1 heteroatoms. The Morgan fingerprint density at radius 1 is 0.667 bits per heavy atom. The summed E-state index contributed by atoms with van der Waals surface area (Å²) in [6.07, 6.45) is 13.7. The Bertz CT molecular complexity index is 104. The monoisotopic (exact) mass is 168 g/mol. The first kappa shape index (κ1) is 9.79. The van der Waals surface area contributed by atoms with Crippen LogP contribution in [0.3, 0.4) is 0 Å². The second-order valence-electron chi connectivity index (χ2n) is 3.43. The Balaban J connectivity index is 2.10. The van der Waals surface area contributed by atoms with Crippen molar-refractivity contribution in [1.82, 2.24) is 0 Å². The van der Waals surface area contributed by atoms with Gasteiger partial charge < -0.3 is 4.74 Å². The zero-order valence-corrected chi connectivity index (χ0v) is 7.93. The largest absolute Gasteiger partial charge is 0.381 e. The van der Waals surface area contributed by atoms with Gasteiger partial charge in [0.15, 0.2) is 0 Å². The van der Waals surface area contributed by atoms with Crippen LogP contribution in [-0.4, -0.2) is 13.2 Å². The highest BCUT2D eigenvalue weighted by atomic mass is 16.5. The summed E-state index contributed by atoms with van der Waals surface area (Å²) < 4.78 is 5.46. The summed E-state index contributed by atoms with van der Waals surface area (Å²) in [4.78, 5) is 0. The van der Waals surface area contributed by atoms with E-state index in [2.05, 4.69) is 12.2 Å². The van der Waals surface area contributed by atoms with Crippen LogP contribution >= 0.6 is 0 Å². The molecule has 12 heavy (non-hydrogen) atoms. The van der Waals surface area contributed by atoms with Gasteiger partial charge in [-0.3, -0.25) is 0 Å². The van der Waals surface area contributed by atoms with E-state index in [1.54, 1.807) is 0 Å². The highest BCUT2D eigenvalue weighted by Gasteiger charge is 1.92. The summed E-state index contributed by atoms with van der Waals surface area (Å²) in [7, 11) is 0. The molecule has 0 aliphatic carbocycles. The number of ether oxygens (including phenoxy) is 1. The fourth-order valence-corrected chi connectivity index (χ4v) is 1.49. The predicted molar refractivity (Wildman–Crippen MR) is 52.3 cm³/mol. The van der Waals surface area contributed by atoms with Crippen LogP contribution in [0.2, 0.25) is 0 Å². The van der Waals surface area contributed by atoms with E-state index in [0.29, 0.717) is 0 Å². The molecular weight excluding hydrogens is 148 g/mol. The van der Waals surface area contributed by atoms with E-state index in [1.165, 1.54) is 38.5 Å². The zero-order valence-electron chi connectivity index (χ0n) is 7.93. The highest BCUT2D eigenvalue weighted by Crippen LogP contribution is 2.07. The Labute approximate surface area is 75.8 Å². The lowest BCUT2D eigenvalue weighted by molar-refractivity contribution is 0.134. The number of rotatable bonds is 0. The molecule has 1 rings (SSSR count). The third-order valence-electron chi connectivity index (χ3n) is 2.25. The van der Waals surface area contributed by atoms with Crippen molar-refractivity contribution in [1.29, 1.82) is 0 Å². The van der Waals surface area contributed by atoms with Crippen molar-refractivity contribution in [3.63, 3.8) is 0 Å². The van der Waals surface area contributed by atoms with Crippen molar-refractivity contribution in [3.05, 3.63) is 12.2 Å². The van der Waals surface area contributed by atoms with E-state index in [4.69, 9.17) is 4.74 Å². The molecule has 0 amide bonds. The molecule has 0 atom stereocenters. The molecule has 1 heterocycles. The normalized spacial score (nSPS) is 25.3. The number of hydrogen-bond donors (Lipinski definition) is 0. The molecule has 0 radical (unpaired) electrons. The molecule has 0 bridgehead atoms. The molecule has 0 aromatic carbocycles. The summed E-state index contributed by atoms with van der Waals surface area (Å²) in [5, 5.41) is 0. The van der Waals surface area contributed by atoms with Crippen molar-refractivity contribution < 1.29 is 4.74 Å². The van der Waals surface area contributed by atoms with Crippen molar-refractivity contribution >= 4 is 0 Å². The van der Waals surface area contributed by atoms with Crippen molar-refractivity contribution in [3.8, 4) is 0 Å². The van der Waals surface area contributed by atoms with Crippen LogP contribution in [0, 0.1) is 0 Å². The molecule has 0 saturated carbocycles. The van der Waals surface area contributed by atoms with Gasteiger partial charge in [0.05, 0.1) is 6.61 Å². The van der Waals surface area contributed by atoms with Gasteiger partial charge in [-0.1, -0.05) is 31.4 Å². The molecule has 0 saturated heterocycles. The van der Waals surface area contributed by atoms with Crippen molar-refractivity contribution in [2.24, 2.45) is 0 Å². The summed E-state index contributed by atoms with van der Waals surface area (Å²) >= 11 is 0. The minimum atomic E-state index is 0.913. The van der Waals surface area contributed by atoms with Crippen LogP contribution in [0.15, 0.2) is 12.2 Å². The molecule has 0 aromatic heterocycles. The van der Waals surface area contributed by atoms with Crippen molar-refractivity contribution in [2.75, 3.05) is 13.2 Å². The predicted octanol–water partition coefficient (Wildman–Crippen LogP) is 3.30. The van der Waals surface area contributed by atoms with Gasteiger partial charge in [0.1, 0.15) is 0 Å². The third kappa shape index (κ3) is 5.36. The Kier molecular flexibility index (Phi) is 6.00. The summed E-state index contributed by atoms with van der Waals surface area (Å²) in [6.45, 7) is 1.88. The minimum Gasteiger partial charge on any atom is -0.381 e. The van der Waals surface area contributed by atoms with E-state index in [-0.39, 0.29) is 0 Å². The molecule has 0 N–H and O–H groups in total. The van der Waals surface area contributed by atoms with Gasteiger partial charge >= 0.3 is 0 Å². The quantitative estimate of drug-likeness (QED) is 0.504. The Hall–Kier alpha value is -0.300. The maximum Gasteiger partial charge on any atom is 0.0500 e. The lowest BCUT2D eigenvalue weighted by Crippen LogP contribution is -1.96. The third-order valence-corrected chi connectivity index (χ3v) is 2.25. The zero-order chi connectivity index (χ0) is 8.49. The first-order valence-electron chi connectivity index (χ1n) is 5.23. The highest BCUT2D eigenvalue weighted by molar-refractivity contribution is 4.81. The van der Waals surface area contributed by atoms with Crippen LogP contribution in [0.25, 0.3) is 0 Å². The Morgan fingerprint density at radius 3 is 2.42 bits per heavy atom. The van der Waals surface area contributed by atoms with Gasteiger partial charge in [0.2, 0.25) is 0 Å². The maximum atomic E-state index is 5.46. The van der Waals surface area contributed by atoms with Crippen LogP contribution < -0.4 is 0 Å². The summed E-state index contributed by atoms with van der Waals surface area (Å²) in [5.41, 5.74) is 0. The molecule has 0 unspecified atom stereocenters. The van der Waals surface area contributed by atoms with E-state index in [0.717, 1.165) is 19.6 Å². The SMILES string of the molecule is C1=C\CCOCCCCCCC/1. The maximum absolute atomic E-state index is 5.46. The van der Waals surface area contributed by atoms with Gasteiger partial charge in [0, 0.05) is 6.61 Å². The number of hydrogen-bond acceptors (Lipinski definition) is 1. The summed E-state index contributed by atoms with van der Waals surface area (Å²) in [6, 6.07) is 0. The van der Waals surface area contributed by atoms with Crippen LogP contribution in [0.1, 0.15) is 44.9 Å². The second-order valence-corrected chi connectivity index (χ2v) is 3.43. The molecule has 1 aliphatic heterocycles. The number of allylic oxidation sites excluding steroid dienone is 1. The molecule has 70 valence electrons. The molecule has 0 aromatic rings. The van der Waals surface area contributed by atoms with Crippen LogP contribution in [0.4, 0.5) is 0 Å². The topological polar surface area (TPSA) is 9.23 Å².